The van der Waals surface area contributed by atoms with Crippen molar-refractivity contribution in [1.82, 2.24) is 5.32 Å². The smallest absolute Gasteiger partial charge is 0.0843 e. The quantitative estimate of drug-likeness (QED) is 0.609. The normalized spacial score (nSPS) is 12.7. The number of thiophene rings is 1. The zero-order valence-electron chi connectivity index (χ0n) is 9.71. The maximum atomic E-state index is 3.53. The van der Waals surface area contributed by atoms with Crippen molar-refractivity contribution in [3.8, 4) is 0 Å². The van der Waals surface area contributed by atoms with Crippen LogP contribution in [0.25, 0.3) is 0 Å². The van der Waals surface area contributed by atoms with Crippen LogP contribution in [-0.2, 0) is 6.54 Å². The molecule has 0 saturated heterocycles. The molecule has 18 heavy (non-hydrogen) atoms. The van der Waals surface area contributed by atoms with Gasteiger partial charge < -0.3 is 5.32 Å². The van der Waals surface area contributed by atoms with Crippen LogP contribution in [0.4, 0.5) is 0 Å². The molecule has 2 aromatic rings. The first kappa shape index (κ1) is 14.7. The highest BCUT2D eigenvalue weighted by atomic mass is 79.9. The van der Waals surface area contributed by atoms with E-state index in [1.54, 1.807) is 11.3 Å². The Kier molecular flexibility index (Phi) is 5.45. The molecule has 1 heterocycles. The van der Waals surface area contributed by atoms with Crippen molar-refractivity contribution in [3.63, 3.8) is 0 Å². The summed E-state index contributed by atoms with van der Waals surface area (Å²) in [5.41, 5.74) is 1.29. The molecule has 1 nitrogen and oxygen atoms in total. The first-order valence-electron chi connectivity index (χ1n) is 5.49. The molecule has 0 amide bonds. The Morgan fingerprint density at radius 1 is 1.22 bits per heavy atom. The van der Waals surface area contributed by atoms with Gasteiger partial charge in [-0.1, -0.05) is 28.1 Å². The highest BCUT2D eigenvalue weighted by molar-refractivity contribution is 9.13. The minimum atomic E-state index is 0.335. The topological polar surface area (TPSA) is 12.0 Å². The number of halogens is 3. The third-order valence-electron chi connectivity index (χ3n) is 2.63. The van der Waals surface area contributed by atoms with Gasteiger partial charge in [-0.3, -0.25) is 0 Å². The van der Waals surface area contributed by atoms with Crippen molar-refractivity contribution >= 4 is 59.1 Å². The molecule has 0 aliphatic heterocycles. The van der Waals surface area contributed by atoms with Crippen molar-refractivity contribution in [2.45, 2.75) is 19.5 Å². The fraction of sp³-hybridized carbons (Fsp3) is 0.231. The molecule has 0 aliphatic rings. The van der Waals surface area contributed by atoms with Crippen LogP contribution >= 0.6 is 59.1 Å². The molecule has 1 atom stereocenters. The summed E-state index contributed by atoms with van der Waals surface area (Å²) in [6.07, 6.45) is 0. The highest BCUT2D eigenvalue weighted by Gasteiger charge is 2.08. The van der Waals surface area contributed by atoms with E-state index < -0.39 is 0 Å². The molecule has 1 aromatic carbocycles. The first-order valence-corrected chi connectivity index (χ1v) is 8.68. The van der Waals surface area contributed by atoms with Crippen LogP contribution in [-0.4, -0.2) is 0 Å². The lowest BCUT2D eigenvalue weighted by atomic mass is 10.1. The van der Waals surface area contributed by atoms with Gasteiger partial charge in [0.2, 0.25) is 0 Å². The predicted octanol–water partition coefficient (Wildman–Crippen LogP) is 5.89. The van der Waals surface area contributed by atoms with E-state index in [1.165, 1.54) is 10.4 Å². The Bertz CT molecular complexity index is 519. The average molecular weight is 454 g/mol. The Labute approximate surface area is 136 Å². The average Bonchev–Trinajstić information content (AvgIpc) is 2.66. The van der Waals surface area contributed by atoms with Crippen molar-refractivity contribution in [2.24, 2.45) is 0 Å². The fourth-order valence-corrected chi connectivity index (χ4v) is 4.17. The molecular weight excluding hydrogens is 442 g/mol. The molecule has 0 spiro atoms. The number of rotatable bonds is 4. The van der Waals surface area contributed by atoms with Crippen LogP contribution in [0.1, 0.15) is 23.4 Å². The molecular formula is C13H12Br3NS. The molecule has 96 valence electrons. The number of nitrogens with one attached hydrogen (secondary N) is 1. The van der Waals surface area contributed by atoms with Gasteiger partial charge in [-0.25, -0.2) is 0 Å². The summed E-state index contributed by atoms with van der Waals surface area (Å²) < 4.78 is 3.39. The second-order valence-electron chi connectivity index (χ2n) is 3.99. The minimum absolute atomic E-state index is 0.335. The lowest BCUT2D eigenvalue weighted by molar-refractivity contribution is 0.578. The van der Waals surface area contributed by atoms with E-state index in [1.807, 2.05) is 6.07 Å². The Morgan fingerprint density at radius 3 is 2.61 bits per heavy atom. The van der Waals surface area contributed by atoms with Crippen LogP contribution in [0.2, 0.25) is 0 Å². The van der Waals surface area contributed by atoms with Gasteiger partial charge in [0.15, 0.2) is 0 Å². The number of hydrogen-bond donors (Lipinski definition) is 1. The van der Waals surface area contributed by atoms with Gasteiger partial charge in [0.05, 0.1) is 3.79 Å². The van der Waals surface area contributed by atoms with Crippen LogP contribution in [0.3, 0.4) is 0 Å². The second kappa shape index (κ2) is 6.66. The molecule has 2 rings (SSSR count). The van der Waals surface area contributed by atoms with Gasteiger partial charge in [0.25, 0.3) is 0 Å². The van der Waals surface area contributed by atoms with Crippen LogP contribution in [0.15, 0.2) is 43.1 Å². The van der Waals surface area contributed by atoms with Gasteiger partial charge in [0, 0.05) is 26.4 Å². The van der Waals surface area contributed by atoms with Crippen LogP contribution in [0, 0.1) is 0 Å². The van der Waals surface area contributed by atoms with Gasteiger partial charge in [-0.2, -0.15) is 0 Å². The van der Waals surface area contributed by atoms with Crippen molar-refractivity contribution in [2.75, 3.05) is 0 Å². The van der Waals surface area contributed by atoms with Gasteiger partial charge in [0.1, 0.15) is 0 Å². The molecule has 0 unspecified atom stereocenters. The monoisotopic (exact) mass is 451 g/mol. The predicted molar refractivity (Wildman–Crippen MR) is 89.1 cm³/mol. The molecule has 5 heteroatoms. The van der Waals surface area contributed by atoms with E-state index in [2.05, 4.69) is 84.3 Å². The summed E-state index contributed by atoms with van der Waals surface area (Å²) >= 11 is 12.3. The summed E-state index contributed by atoms with van der Waals surface area (Å²) in [5, 5.41) is 3.53. The first-order chi connectivity index (χ1) is 8.56. The lowest BCUT2D eigenvalue weighted by Gasteiger charge is -2.13. The highest BCUT2D eigenvalue weighted by Crippen LogP contribution is 2.32. The summed E-state index contributed by atoms with van der Waals surface area (Å²) in [7, 11) is 0. The maximum absolute atomic E-state index is 3.53. The zero-order valence-corrected chi connectivity index (χ0v) is 15.3. The van der Waals surface area contributed by atoms with E-state index in [9.17, 15) is 0 Å². The van der Waals surface area contributed by atoms with E-state index >= 15 is 0 Å². The van der Waals surface area contributed by atoms with Crippen molar-refractivity contribution in [1.29, 1.82) is 0 Å². The third kappa shape index (κ3) is 3.90. The van der Waals surface area contributed by atoms with E-state index in [0.29, 0.717) is 6.04 Å². The molecule has 0 bridgehead atoms. The van der Waals surface area contributed by atoms with E-state index in [0.717, 1.165) is 19.3 Å². The summed E-state index contributed by atoms with van der Waals surface area (Å²) in [6.45, 7) is 3.06. The third-order valence-corrected chi connectivity index (χ3v) is 6.38. The summed E-state index contributed by atoms with van der Waals surface area (Å²) in [5.74, 6) is 0. The van der Waals surface area contributed by atoms with Crippen molar-refractivity contribution in [3.05, 3.63) is 53.5 Å². The standard InChI is InChI=1S/C13H12Br3NS/c1-8(9-3-2-4-10(14)5-9)17-7-11-6-12(15)13(16)18-11/h2-6,8,17H,7H2,1H3/t8-/m0/s1. The molecule has 1 N–H and O–H groups in total. The summed E-state index contributed by atoms with van der Waals surface area (Å²) in [4.78, 5) is 1.32. The second-order valence-corrected chi connectivity index (χ2v) is 8.22. The zero-order chi connectivity index (χ0) is 13.1. The molecule has 0 fully saturated rings. The van der Waals surface area contributed by atoms with Crippen molar-refractivity contribution < 1.29 is 0 Å². The maximum Gasteiger partial charge on any atom is 0.0843 e. The molecule has 0 radical (unpaired) electrons. The number of hydrogen-bond acceptors (Lipinski definition) is 2. The molecule has 0 aliphatic carbocycles. The van der Waals surface area contributed by atoms with Crippen LogP contribution < -0.4 is 5.32 Å². The lowest BCUT2D eigenvalue weighted by Crippen LogP contribution is -2.17. The SMILES string of the molecule is C[C@H](NCc1cc(Br)c(Br)s1)c1cccc(Br)c1. The van der Waals surface area contributed by atoms with E-state index in [4.69, 9.17) is 0 Å². The molecule has 1 aromatic heterocycles. The number of benzene rings is 1. The molecule has 0 saturated carbocycles. The van der Waals surface area contributed by atoms with Crippen LogP contribution in [0.5, 0.6) is 0 Å². The Balaban J connectivity index is 1.98. The minimum Gasteiger partial charge on any atom is -0.305 e. The van der Waals surface area contributed by atoms with E-state index in [-0.39, 0.29) is 0 Å². The fourth-order valence-electron chi connectivity index (χ4n) is 1.63. The summed E-state index contributed by atoms with van der Waals surface area (Å²) in [6, 6.07) is 10.9. The van der Waals surface area contributed by atoms with Gasteiger partial charge >= 0.3 is 0 Å². The van der Waals surface area contributed by atoms with Gasteiger partial charge in [-0.05, 0) is 62.5 Å². The van der Waals surface area contributed by atoms with Gasteiger partial charge in [-0.15, -0.1) is 11.3 Å². The Morgan fingerprint density at radius 2 is 2.00 bits per heavy atom. The largest absolute Gasteiger partial charge is 0.305 e. The Hall–Kier alpha value is 0.320.